The number of carbonyl (C=O) groups excluding carboxylic acids is 1. The van der Waals surface area contributed by atoms with Gasteiger partial charge in [0.25, 0.3) is 5.91 Å². The Balaban J connectivity index is 1.80. The summed E-state index contributed by atoms with van der Waals surface area (Å²) in [6.45, 7) is 0. The summed E-state index contributed by atoms with van der Waals surface area (Å²) in [5, 5.41) is 2.79. The quantitative estimate of drug-likeness (QED) is 0.352. The molecule has 10 heteroatoms. The van der Waals surface area contributed by atoms with Crippen LogP contribution in [0.25, 0.3) is 21.5 Å². The van der Waals surface area contributed by atoms with Gasteiger partial charge in [0.05, 0.1) is 24.1 Å². The second kappa shape index (κ2) is 8.33. The van der Waals surface area contributed by atoms with Gasteiger partial charge >= 0.3 is 6.18 Å². The van der Waals surface area contributed by atoms with Gasteiger partial charge in [0, 0.05) is 21.7 Å². The lowest BCUT2D eigenvalue weighted by Gasteiger charge is -2.11. The number of ether oxygens (including phenoxy) is 1. The average Bonchev–Trinajstić information content (AvgIpc) is 3.10. The number of nitrogens with one attached hydrogen (secondary N) is 1. The third-order valence-electron chi connectivity index (χ3n) is 4.70. The number of nitrogens with two attached hydrogens (primary N) is 1. The van der Waals surface area contributed by atoms with E-state index in [-0.39, 0.29) is 26.5 Å². The van der Waals surface area contributed by atoms with E-state index in [0.29, 0.717) is 22.0 Å². The first-order valence-corrected chi connectivity index (χ1v) is 10.4. The molecular weight excluding hydrogens is 463 g/mol. The molecule has 4 rings (SSSR count). The van der Waals surface area contributed by atoms with E-state index in [1.807, 2.05) is 0 Å². The largest absolute Gasteiger partial charge is 0.497 e. The van der Waals surface area contributed by atoms with E-state index in [9.17, 15) is 18.0 Å². The van der Waals surface area contributed by atoms with E-state index in [4.69, 9.17) is 22.1 Å². The van der Waals surface area contributed by atoms with Gasteiger partial charge in [0.2, 0.25) is 0 Å². The van der Waals surface area contributed by atoms with Crippen molar-refractivity contribution in [3.8, 4) is 17.0 Å². The average molecular weight is 478 g/mol. The molecule has 0 aliphatic rings. The summed E-state index contributed by atoms with van der Waals surface area (Å²) in [7, 11) is 1.51. The van der Waals surface area contributed by atoms with E-state index < -0.39 is 17.6 Å². The van der Waals surface area contributed by atoms with Crippen molar-refractivity contribution in [2.45, 2.75) is 6.18 Å². The van der Waals surface area contributed by atoms with Gasteiger partial charge in [0.1, 0.15) is 15.5 Å². The Morgan fingerprint density at radius 3 is 2.38 bits per heavy atom. The number of benzene rings is 2. The molecule has 5 nitrogen and oxygen atoms in total. The van der Waals surface area contributed by atoms with Crippen LogP contribution in [0, 0.1) is 0 Å². The number of methoxy groups -OCH3 is 1. The number of pyridine rings is 1. The minimum absolute atomic E-state index is 0.0159. The number of fused-ring (bicyclic) bond motifs is 1. The number of alkyl halides is 3. The summed E-state index contributed by atoms with van der Waals surface area (Å²) >= 11 is 6.68. The van der Waals surface area contributed by atoms with Crippen molar-refractivity contribution in [3.63, 3.8) is 0 Å². The SMILES string of the molecule is COc1ccc(NC(=O)c2sc3nc(-c4ccc(Cl)cc4)cc(C(F)(F)F)c3c2N)cc1. The summed E-state index contributed by atoms with van der Waals surface area (Å²) in [6.07, 6.45) is -4.69. The summed E-state index contributed by atoms with van der Waals surface area (Å²) in [6, 6.07) is 13.7. The first-order valence-electron chi connectivity index (χ1n) is 9.19. The number of rotatable bonds is 4. The van der Waals surface area contributed by atoms with Gasteiger partial charge in [-0.2, -0.15) is 13.2 Å². The molecule has 2 heterocycles. The van der Waals surface area contributed by atoms with Gasteiger partial charge in [0.15, 0.2) is 0 Å². The van der Waals surface area contributed by atoms with Gasteiger partial charge in [-0.1, -0.05) is 23.7 Å². The number of nitrogens with zero attached hydrogens (tertiary/aromatic N) is 1. The molecule has 0 saturated carbocycles. The van der Waals surface area contributed by atoms with E-state index in [1.165, 1.54) is 7.11 Å². The molecule has 164 valence electrons. The van der Waals surface area contributed by atoms with Crippen LogP contribution in [0.15, 0.2) is 54.6 Å². The number of thiophene rings is 1. The lowest BCUT2D eigenvalue weighted by Crippen LogP contribution is -2.12. The van der Waals surface area contributed by atoms with Crippen molar-refractivity contribution in [1.82, 2.24) is 4.98 Å². The lowest BCUT2D eigenvalue weighted by molar-refractivity contribution is -0.136. The Morgan fingerprint density at radius 2 is 1.78 bits per heavy atom. The molecule has 32 heavy (non-hydrogen) atoms. The monoisotopic (exact) mass is 477 g/mol. The van der Waals surface area contributed by atoms with Gasteiger partial charge < -0.3 is 15.8 Å². The molecule has 3 N–H and O–H groups in total. The van der Waals surface area contributed by atoms with Crippen LogP contribution in [-0.4, -0.2) is 18.0 Å². The molecule has 0 spiro atoms. The van der Waals surface area contributed by atoms with E-state index >= 15 is 0 Å². The molecule has 1 amide bonds. The van der Waals surface area contributed by atoms with Crippen LogP contribution in [0.1, 0.15) is 15.2 Å². The Labute approximate surface area is 189 Å². The highest BCUT2D eigenvalue weighted by atomic mass is 35.5. The maximum Gasteiger partial charge on any atom is 0.417 e. The van der Waals surface area contributed by atoms with Crippen LogP contribution in [0.5, 0.6) is 5.75 Å². The highest BCUT2D eigenvalue weighted by Gasteiger charge is 2.36. The summed E-state index contributed by atoms with van der Waals surface area (Å²) in [4.78, 5) is 17.1. The second-order valence-electron chi connectivity index (χ2n) is 6.77. The number of nitrogen functional groups attached to an aromatic ring is 1. The third kappa shape index (κ3) is 4.21. The molecule has 2 aromatic heterocycles. The Morgan fingerprint density at radius 1 is 1.12 bits per heavy atom. The van der Waals surface area contributed by atoms with Crippen LogP contribution in [0.3, 0.4) is 0 Å². The van der Waals surface area contributed by atoms with E-state index in [2.05, 4.69) is 10.3 Å². The first-order chi connectivity index (χ1) is 15.2. The van der Waals surface area contributed by atoms with Gasteiger partial charge in [-0.15, -0.1) is 11.3 Å². The fraction of sp³-hybridized carbons (Fsp3) is 0.0909. The third-order valence-corrected chi connectivity index (χ3v) is 6.05. The number of halogens is 4. The zero-order valence-electron chi connectivity index (χ0n) is 16.5. The summed E-state index contributed by atoms with van der Waals surface area (Å²) in [5.74, 6) is -0.0324. The predicted molar refractivity (Wildman–Crippen MR) is 120 cm³/mol. The highest BCUT2D eigenvalue weighted by molar-refractivity contribution is 7.21. The normalized spacial score (nSPS) is 11.5. The predicted octanol–water partition coefficient (Wildman–Crippen LogP) is 6.48. The minimum Gasteiger partial charge on any atom is -0.497 e. The number of anilines is 2. The molecule has 0 saturated heterocycles. The smallest absolute Gasteiger partial charge is 0.417 e. The number of hydrogen-bond donors (Lipinski definition) is 2. The first kappa shape index (κ1) is 21.9. The molecule has 0 atom stereocenters. The van der Waals surface area contributed by atoms with Crippen LogP contribution >= 0.6 is 22.9 Å². The highest BCUT2D eigenvalue weighted by Crippen LogP contribution is 2.43. The van der Waals surface area contributed by atoms with Crippen molar-refractivity contribution in [3.05, 3.63) is 70.1 Å². The maximum atomic E-state index is 13.9. The lowest BCUT2D eigenvalue weighted by atomic mass is 10.1. The zero-order chi connectivity index (χ0) is 23.0. The molecular formula is C22H15ClF3N3O2S. The van der Waals surface area contributed by atoms with Crippen molar-refractivity contribution in [1.29, 1.82) is 0 Å². The summed E-state index contributed by atoms with van der Waals surface area (Å²) < 4.78 is 46.7. The van der Waals surface area contributed by atoms with Crippen molar-refractivity contribution in [2.75, 3.05) is 18.2 Å². The maximum absolute atomic E-state index is 13.9. The molecule has 0 unspecified atom stereocenters. The molecule has 0 aliphatic heterocycles. The van der Waals surface area contributed by atoms with Crippen LogP contribution in [0.4, 0.5) is 24.5 Å². The number of aromatic nitrogens is 1. The topological polar surface area (TPSA) is 77.2 Å². The molecule has 0 aliphatic carbocycles. The Hall–Kier alpha value is -3.30. The minimum atomic E-state index is -4.69. The molecule has 2 aromatic carbocycles. The van der Waals surface area contributed by atoms with E-state index in [0.717, 1.165) is 17.4 Å². The van der Waals surface area contributed by atoms with Crippen molar-refractivity contribution < 1.29 is 22.7 Å². The van der Waals surface area contributed by atoms with Crippen LogP contribution < -0.4 is 15.8 Å². The van der Waals surface area contributed by atoms with Crippen LogP contribution in [-0.2, 0) is 6.18 Å². The molecule has 0 radical (unpaired) electrons. The second-order valence-corrected chi connectivity index (χ2v) is 8.20. The van der Waals surface area contributed by atoms with E-state index in [1.54, 1.807) is 48.5 Å². The van der Waals surface area contributed by atoms with Crippen molar-refractivity contribution >= 4 is 50.4 Å². The number of carbonyl (C=O) groups is 1. The fourth-order valence-corrected chi connectivity index (χ4v) is 4.29. The van der Waals surface area contributed by atoms with Gasteiger partial charge in [-0.3, -0.25) is 4.79 Å². The molecule has 0 bridgehead atoms. The summed E-state index contributed by atoms with van der Waals surface area (Å²) in [5.41, 5.74) is 5.80. The van der Waals surface area contributed by atoms with Crippen molar-refractivity contribution in [2.24, 2.45) is 0 Å². The Kier molecular flexibility index (Phi) is 5.70. The Bertz CT molecular complexity index is 1300. The fourth-order valence-electron chi connectivity index (χ4n) is 3.14. The molecule has 0 fully saturated rings. The number of hydrogen-bond acceptors (Lipinski definition) is 5. The molecule has 4 aromatic rings. The number of amides is 1. The standard InChI is InChI=1S/C22H15ClF3N3O2S/c1-31-14-8-6-13(7-9-14)28-20(30)19-18(27)17-15(22(24,25)26)10-16(29-21(17)32-19)11-2-4-12(23)5-3-11/h2-10H,27H2,1H3,(H,28,30). The zero-order valence-corrected chi connectivity index (χ0v) is 18.0. The van der Waals surface area contributed by atoms with Gasteiger partial charge in [-0.05, 0) is 42.5 Å². The van der Waals surface area contributed by atoms with Crippen LogP contribution in [0.2, 0.25) is 5.02 Å². The van der Waals surface area contributed by atoms with Gasteiger partial charge in [-0.25, -0.2) is 4.98 Å².